The lowest BCUT2D eigenvalue weighted by molar-refractivity contribution is 0.371. The summed E-state index contributed by atoms with van der Waals surface area (Å²) in [6.45, 7) is 0. The fourth-order valence-corrected chi connectivity index (χ4v) is 1.98. The second-order valence-corrected chi connectivity index (χ2v) is 5.30. The van der Waals surface area contributed by atoms with Crippen LogP contribution in [0.4, 0.5) is 0 Å². The predicted molar refractivity (Wildman–Crippen MR) is 58.7 cm³/mol. The zero-order chi connectivity index (χ0) is 11.1. The van der Waals surface area contributed by atoms with E-state index in [1.165, 1.54) is 0 Å². The van der Waals surface area contributed by atoms with Gasteiger partial charge in [0.1, 0.15) is 0 Å². The van der Waals surface area contributed by atoms with E-state index >= 15 is 0 Å². The molecule has 1 aromatic heterocycles. The molecular formula is C10H16NO3P. The Kier molecular flexibility index (Phi) is 4.95. The Morgan fingerprint density at radius 1 is 1.20 bits per heavy atom. The number of aromatic nitrogens is 1. The zero-order valence-corrected chi connectivity index (χ0v) is 9.44. The summed E-state index contributed by atoms with van der Waals surface area (Å²) in [6.07, 6.45) is 4.97. The van der Waals surface area contributed by atoms with Crippen LogP contribution in [0.1, 0.15) is 25.0 Å². The summed E-state index contributed by atoms with van der Waals surface area (Å²) >= 11 is 0. The van der Waals surface area contributed by atoms with Crippen molar-refractivity contribution in [3.63, 3.8) is 0 Å². The Labute approximate surface area is 89.5 Å². The van der Waals surface area contributed by atoms with Crippen molar-refractivity contribution in [2.75, 3.05) is 6.16 Å². The van der Waals surface area contributed by atoms with E-state index in [0.29, 0.717) is 6.42 Å². The first-order valence-corrected chi connectivity index (χ1v) is 6.82. The summed E-state index contributed by atoms with van der Waals surface area (Å²) in [5.41, 5.74) is 1.04. The highest BCUT2D eigenvalue weighted by Crippen LogP contribution is 2.35. The highest BCUT2D eigenvalue weighted by Gasteiger charge is 2.10. The van der Waals surface area contributed by atoms with E-state index < -0.39 is 7.60 Å². The van der Waals surface area contributed by atoms with Gasteiger partial charge in [0, 0.05) is 18.1 Å². The SMILES string of the molecule is O=P(O)(O)CCCCCc1ccccn1. The Bertz CT molecular complexity index is 323. The maximum atomic E-state index is 10.5. The van der Waals surface area contributed by atoms with E-state index in [2.05, 4.69) is 4.98 Å². The number of nitrogens with zero attached hydrogens (tertiary/aromatic N) is 1. The number of unbranched alkanes of at least 4 members (excludes halogenated alkanes) is 2. The van der Waals surface area contributed by atoms with Gasteiger partial charge in [0.2, 0.25) is 0 Å². The second-order valence-electron chi connectivity index (χ2n) is 3.52. The van der Waals surface area contributed by atoms with Crippen molar-refractivity contribution in [3.05, 3.63) is 30.1 Å². The molecule has 0 amide bonds. The van der Waals surface area contributed by atoms with Gasteiger partial charge < -0.3 is 9.79 Å². The van der Waals surface area contributed by atoms with Crippen molar-refractivity contribution in [2.45, 2.75) is 25.7 Å². The van der Waals surface area contributed by atoms with Crippen molar-refractivity contribution in [2.24, 2.45) is 0 Å². The Balaban J connectivity index is 2.10. The van der Waals surface area contributed by atoms with Crippen LogP contribution in [0.15, 0.2) is 24.4 Å². The molecule has 0 bridgehead atoms. The number of hydrogen-bond donors (Lipinski definition) is 2. The van der Waals surface area contributed by atoms with Crippen LogP contribution < -0.4 is 0 Å². The van der Waals surface area contributed by atoms with Gasteiger partial charge in [0.25, 0.3) is 0 Å². The molecular weight excluding hydrogens is 213 g/mol. The molecule has 0 spiro atoms. The maximum absolute atomic E-state index is 10.5. The number of hydrogen-bond acceptors (Lipinski definition) is 2. The molecule has 0 aliphatic rings. The minimum Gasteiger partial charge on any atom is -0.324 e. The highest BCUT2D eigenvalue weighted by atomic mass is 31.2. The van der Waals surface area contributed by atoms with Gasteiger partial charge >= 0.3 is 7.60 Å². The third-order valence-electron chi connectivity index (χ3n) is 2.11. The molecule has 0 unspecified atom stereocenters. The lowest BCUT2D eigenvalue weighted by Gasteiger charge is -2.03. The minimum atomic E-state index is -3.79. The van der Waals surface area contributed by atoms with Gasteiger partial charge in [0.05, 0.1) is 0 Å². The Morgan fingerprint density at radius 2 is 2.00 bits per heavy atom. The van der Waals surface area contributed by atoms with Gasteiger partial charge in [-0.2, -0.15) is 0 Å². The van der Waals surface area contributed by atoms with E-state index in [1.54, 1.807) is 6.20 Å². The second kappa shape index (κ2) is 6.01. The van der Waals surface area contributed by atoms with Crippen LogP contribution in [0, 0.1) is 0 Å². The van der Waals surface area contributed by atoms with E-state index in [1.807, 2.05) is 18.2 Å². The molecule has 0 radical (unpaired) electrons. The van der Waals surface area contributed by atoms with Crippen molar-refractivity contribution >= 4 is 7.60 Å². The van der Waals surface area contributed by atoms with Gasteiger partial charge in [-0.3, -0.25) is 9.55 Å². The lowest BCUT2D eigenvalue weighted by atomic mass is 10.1. The van der Waals surface area contributed by atoms with Crippen molar-refractivity contribution in [3.8, 4) is 0 Å². The third-order valence-corrected chi connectivity index (χ3v) is 3.01. The summed E-state index contributed by atoms with van der Waals surface area (Å²) in [7, 11) is -3.79. The summed E-state index contributed by atoms with van der Waals surface area (Å²) in [5.74, 6) is 0. The lowest BCUT2D eigenvalue weighted by Crippen LogP contribution is -1.91. The van der Waals surface area contributed by atoms with E-state index in [0.717, 1.165) is 25.0 Å². The quantitative estimate of drug-likeness (QED) is 0.578. The molecule has 5 heteroatoms. The largest absolute Gasteiger partial charge is 0.325 e. The van der Waals surface area contributed by atoms with E-state index in [-0.39, 0.29) is 6.16 Å². The smallest absolute Gasteiger partial charge is 0.324 e. The minimum absolute atomic E-state index is 0.00474. The van der Waals surface area contributed by atoms with Gasteiger partial charge in [-0.1, -0.05) is 12.5 Å². The first kappa shape index (κ1) is 12.4. The molecule has 0 saturated heterocycles. The van der Waals surface area contributed by atoms with Crippen molar-refractivity contribution in [1.29, 1.82) is 0 Å². The van der Waals surface area contributed by atoms with Crippen LogP contribution in [-0.2, 0) is 11.0 Å². The monoisotopic (exact) mass is 229 g/mol. The molecule has 15 heavy (non-hydrogen) atoms. The summed E-state index contributed by atoms with van der Waals surface area (Å²) in [6, 6.07) is 5.78. The number of pyridine rings is 1. The van der Waals surface area contributed by atoms with E-state index in [4.69, 9.17) is 9.79 Å². The molecule has 0 aromatic carbocycles. The molecule has 84 valence electrons. The molecule has 0 aliphatic heterocycles. The molecule has 4 nitrogen and oxygen atoms in total. The normalized spacial score (nSPS) is 11.6. The Hall–Kier alpha value is -0.700. The fraction of sp³-hybridized carbons (Fsp3) is 0.500. The zero-order valence-electron chi connectivity index (χ0n) is 8.54. The fourth-order valence-electron chi connectivity index (χ4n) is 1.35. The first-order chi connectivity index (χ1) is 7.08. The molecule has 1 heterocycles. The molecule has 0 atom stereocenters. The third kappa shape index (κ3) is 6.39. The number of aryl methyl sites for hydroxylation is 1. The average molecular weight is 229 g/mol. The van der Waals surface area contributed by atoms with Gasteiger partial charge in [0.15, 0.2) is 0 Å². The molecule has 0 fully saturated rings. The summed E-state index contributed by atoms with van der Waals surface area (Å²) in [5, 5.41) is 0. The first-order valence-electron chi connectivity index (χ1n) is 5.02. The molecule has 0 saturated carbocycles. The molecule has 1 aromatic rings. The number of rotatable bonds is 6. The molecule has 1 rings (SSSR count). The van der Waals surface area contributed by atoms with Crippen LogP contribution >= 0.6 is 7.60 Å². The van der Waals surface area contributed by atoms with Gasteiger partial charge in [-0.25, -0.2) is 0 Å². The summed E-state index contributed by atoms with van der Waals surface area (Å²) < 4.78 is 10.5. The maximum Gasteiger partial charge on any atom is 0.325 e. The van der Waals surface area contributed by atoms with Crippen LogP contribution in [0.5, 0.6) is 0 Å². The topological polar surface area (TPSA) is 70.4 Å². The predicted octanol–water partition coefficient (Wildman–Crippen LogP) is 1.97. The standard InChI is InChI=1S/C10H16NO3P/c12-15(13,14)9-5-1-2-6-10-7-3-4-8-11-10/h3-4,7-8H,1-2,5-6,9H2,(H2,12,13,14). The van der Waals surface area contributed by atoms with Crippen molar-refractivity contribution in [1.82, 2.24) is 4.98 Å². The van der Waals surface area contributed by atoms with E-state index in [9.17, 15) is 4.57 Å². The average Bonchev–Trinajstić information content (AvgIpc) is 2.17. The molecule has 0 aliphatic carbocycles. The Morgan fingerprint density at radius 3 is 2.60 bits per heavy atom. The van der Waals surface area contributed by atoms with Gasteiger partial charge in [-0.05, 0) is 31.4 Å². The van der Waals surface area contributed by atoms with Crippen LogP contribution in [-0.4, -0.2) is 20.9 Å². The molecule has 2 N–H and O–H groups in total. The highest BCUT2D eigenvalue weighted by molar-refractivity contribution is 7.51. The van der Waals surface area contributed by atoms with Crippen LogP contribution in [0.2, 0.25) is 0 Å². The van der Waals surface area contributed by atoms with Gasteiger partial charge in [-0.15, -0.1) is 0 Å². The van der Waals surface area contributed by atoms with Crippen LogP contribution in [0.25, 0.3) is 0 Å². The van der Waals surface area contributed by atoms with Crippen LogP contribution in [0.3, 0.4) is 0 Å². The summed E-state index contributed by atoms with van der Waals surface area (Å²) in [4.78, 5) is 21.4. The van der Waals surface area contributed by atoms with Crippen molar-refractivity contribution < 1.29 is 14.4 Å².